The van der Waals surface area contributed by atoms with Gasteiger partial charge in [-0.05, 0) is 19.9 Å². The van der Waals surface area contributed by atoms with Crippen molar-refractivity contribution in [1.29, 1.82) is 0 Å². The molecule has 1 aliphatic rings. The standard InChI is InChI=1S/C13H18O5/c1-13(2)12(15)11(14)7-5-9(16-3)10(17-4)6-8(7)18-13/h5-6,11-12,14-15H,1-4H3/t11-,12+/m1/s1. The zero-order valence-corrected chi connectivity index (χ0v) is 10.9. The lowest BCUT2D eigenvalue weighted by atomic mass is 9.88. The molecule has 0 unspecified atom stereocenters. The van der Waals surface area contributed by atoms with Gasteiger partial charge in [0.25, 0.3) is 0 Å². The molecule has 2 N–H and O–H groups in total. The quantitative estimate of drug-likeness (QED) is 0.832. The van der Waals surface area contributed by atoms with E-state index in [1.54, 1.807) is 26.0 Å². The summed E-state index contributed by atoms with van der Waals surface area (Å²) in [6, 6.07) is 3.28. The molecule has 0 radical (unpaired) electrons. The van der Waals surface area contributed by atoms with E-state index in [1.165, 1.54) is 14.2 Å². The van der Waals surface area contributed by atoms with E-state index in [2.05, 4.69) is 0 Å². The number of aliphatic hydroxyl groups is 2. The molecule has 0 saturated carbocycles. The van der Waals surface area contributed by atoms with Gasteiger partial charge in [-0.1, -0.05) is 0 Å². The summed E-state index contributed by atoms with van der Waals surface area (Å²) in [5, 5.41) is 20.1. The number of methoxy groups -OCH3 is 2. The molecule has 0 bridgehead atoms. The summed E-state index contributed by atoms with van der Waals surface area (Å²) >= 11 is 0. The van der Waals surface area contributed by atoms with Crippen molar-refractivity contribution in [3.8, 4) is 17.2 Å². The van der Waals surface area contributed by atoms with Gasteiger partial charge in [0, 0.05) is 11.6 Å². The summed E-state index contributed by atoms with van der Waals surface area (Å²) in [4.78, 5) is 0. The van der Waals surface area contributed by atoms with E-state index in [-0.39, 0.29) is 0 Å². The van der Waals surface area contributed by atoms with Gasteiger partial charge in [-0.15, -0.1) is 0 Å². The molecule has 0 fully saturated rings. The number of rotatable bonds is 2. The molecule has 0 saturated heterocycles. The summed E-state index contributed by atoms with van der Waals surface area (Å²) in [5.41, 5.74) is -0.356. The molecule has 1 aromatic carbocycles. The fraction of sp³-hybridized carbons (Fsp3) is 0.538. The minimum Gasteiger partial charge on any atom is -0.493 e. The first kappa shape index (κ1) is 13.0. The molecule has 2 atom stereocenters. The molecule has 5 nitrogen and oxygen atoms in total. The summed E-state index contributed by atoms with van der Waals surface area (Å²) in [6.45, 7) is 3.45. The topological polar surface area (TPSA) is 68.2 Å². The van der Waals surface area contributed by atoms with Gasteiger partial charge < -0.3 is 24.4 Å². The molecule has 18 heavy (non-hydrogen) atoms. The Balaban J connectivity index is 2.54. The maximum absolute atomic E-state index is 10.1. The minimum absolute atomic E-state index is 0.491. The van der Waals surface area contributed by atoms with Gasteiger partial charge in [-0.2, -0.15) is 0 Å². The van der Waals surface area contributed by atoms with Crippen molar-refractivity contribution in [2.45, 2.75) is 31.7 Å². The van der Waals surface area contributed by atoms with Gasteiger partial charge in [-0.25, -0.2) is 0 Å². The normalized spacial score (nSPS) is 25.0. The Morgan fingerprint density at radius 3 is 2.22 bits per heavy atom. The molecule has 1 heterocycles. The Morgan fingerprint density at radius 2 is 1.67 bits per heavy atom. The predicted octanol–water partition coefficient (Wildman–Crippen LogP) is 1.27. The third kappa shape index (κ3) is 1.89. The summed E-state index contributed by atoms with van der Waals surface area (Å²) in [7, 11) is 3.05. The lowest BCUT2D eigenvalue weighted by Gasteiger charge is -2.40. The van der Waals surface area contributed by atoms with Crippen LogP contribution in [0.4, 0.5) is 0 Å². The van der Waals surface area contributed by atoms with Crippen molar-refractivity contribution in [3.05, 3.63) is 17.7 Å². The van der Waals surface area contributed by atoms with Gasteiger partial charge in [0.1, 0.15) is 23.6 Å². The number of aliphatic hydroxyl groups excluding tert-OH is 2. The van der Waals surface area contributed by atoms with E-state index in [4.69, 9.17) is 14.2 Å². The highest BCUT2D eigenvalue weighted by molar-refractivity contribution is 5.53. The number of hydrogen-bond donors (Lipinski definition) is 2. The molecule has 5 heteroatoms. The number of fused-ring (bicyclic) bond motifs is 1. The maximum atomic E-state index is 10.1. The fourth-order valence-corrected chi connectivity index (χ4v) is 2.09. The van der Waals surface area contributed by atoms with Crippen molar-refractivity contribution < 1.29 is 24.4 Å². The van der Waals surface area contributed by atoms with Crippen molar-refractivity contribution >= 4 is 0 Å². The first-order chi connectivity index (χ1) is 8.40. The maximum Gasteiger partial charge on any atom is 0.164 e. The predicted molar refractivity (Wildman–Crippen MR) is 65.2 cm³/mol. The highest BCUT2D eigenvalue weighted by atomic mass is 16.5. The molecule has 0 spiro atoms. The fourth-order valence-electron chi connectivity index (χ4n) is 2.09. The van der Waals surface area contributed by atoms with Crippen molar-refractivity contribution in [2.75, 3.05) is 14.2 Å². The molecule has 0 amide bonds. The van der Waals surface area contributed by atoms with Crippen LogP contribution in [0.5, 0.6) is 17.2 Å². The van der Waals surface area contributed by atoms with E-state index < -0.39 is 17.8 Å². The van der Waals surface area contributed by atoms with E-state index in [1.807, 2.05) is 0 Å². The van der Waals surface area contributed by atoms with Crippen LogP contribution in [0.1, 0.15) is 25.5 Å². The van der Waals surface area contributed by atoms with Gasteiger partial charge in [0.05, 0.1) is 14.2 Å². The molecule has 1 aliphatic heterocycles. The zero-order chi connectivity index (χ0) is 13.5. The van der Waals surface area contributed by atoms with Gasteiger partial charge in [0.2, 0.25) is 0 Å². The van der Waals surface area contributed by atoms with Crippen LogP contribution in [0.15, 0.2) is 12.1 Å². The number of benzene rings is 1. The lowest BCUT2D eigenvalue weighted by Crippen LogP contribution is -2.48. The Bertz CT molecular complexity index is 455. The average molecular weight is 254 g/mol. The van der Waals surface area contributed by atoms with Crippen LogP contribution < -0.4 is 14.2 Å². The minimum atomic E-state index is -1.01. The van der Waals surface area contributed by atoms with Crippen LogP contribution in [0.25, 0.3) is 0 Å². The molecule has 100 valence electrons. The van der Waals surface area contributed by atoms with Gasteiger partial charge in [0.15, 0.2) is 11.5 Å². The Labute approximate surface area is 106 Å². The van der Waals surface area contributed by atoms with E-state index in [9.17, 15) is 10.2 Å². The first-order valence-corrected chi connectivity index (χ1v) is 5.71. The highest BCUT2D eigenvalue weighted by Crippen LogP contribution is 2.44. The Hall–Kier alpha value is -1.46. The largest absolute Gasteiger partial charge is 0.493 e. The summed E-state index contributed by atoms with van der Waals surface area (Å²) in [6.07, 6.45) is -2.01. The van der Waals surface area contributed by atoms with Crippen LogP contribution in [0.3, 0.4) is 0 Å². The van der Waals surface area contributed by atoms with Crippen molar-refractivity contribution in [1.82, 2.24) is 0 Å². The third-order valence-electron chi connectivity index (χ3n) is 3.22. The zero-order valence-electron chi connectivity index (χ0n) is 10.9. The Kier molecular flexibility index (Phi) is 3.12. The van der Waals surface area contributed by atoms with E-state index >= 15 is 0 Å². The van der Waals surface area contributed by atoms with Crippen molar-refractivity contribution in [3.63, 3.8) is 0 Å². The van der Waals surface area contributed by atoms with Crippen LogP contribution in [-0.2, 0) is 0 Å². The second-order valence-corrected chi connectivity index (χ2v) is 4.84. The monoisotopic (exact) mass is 254 g/mol. The summed E-state index contributed by atoms with van der Waals surface area (Å²) in [5.74, 6) is 1.51. The second-order valence-electron chi connectivity index (χ2n) is 4.84. The number of ether oxygens (including phenoxy) is 3. The molecule has 2 rings (SSSR count). The first-order valence-electron chi connectivity index (χ1n) is 5.71. The summed E-state index contributed by atoms with van der Waals surface area (Å²) < 4.78 is 16.0. The van der Waals surface area contributed by atoms with Gasteiger partial charge >= 0.3 is 0 Å². The van der Waals surface area contributed by atoms with Crippen LogP contribution in [-0.4, -0.2) is 36.1 Å². The molecule has 0 aromatic heterocycles. The van der Waals surface area contributed by atoms with E-state index in [0.29, 0.717) is 22.8 Å². The van der Waals surface area contributed by atoms with E-state index in [0.717, 1.165) is 0 Å². The van der Waals surface area contributed by atoms with Gasteiger partial charge in [-0.3, -0.25) is 0 Å². The van der Waals surface area contributed by atoms with Crippen LogP contribution in [0.2, 0.25) is 0 Å². The third-order valence-corrected chi connectivity index (χ3v) is 3.22. The average Bonchev–Trinajstić information content (AvgIpc) is 2.34. The molecule has 0 aliphatic carbocycles. The molecular formula is C13H18O5. The van der Waals surface area contributed by atoms with Crippen molar-refractivity contribution in [2.24, 2.45) is 0 Å². The Morgan fingerprint density at radius 1 is 1.11 bits per heavy atom. The van der Waals surface area contributed by atoms with Crippen LogP contribution in [0, 0.1) is 0 Å². The SMILES string of the molecule is COc1cc2c(cc1OC)[C@@H](O)[C@H](O)C(C)(C)O2. The second kappa shape index (κ2) is 4.33. The number of hydrogen-bond acceptors (Lipinski definition) is 5. The highest BCUT2D eigenvalue weighted by Gasteiger charge is 2.42. The lowest BCUT2D eigenvalue weighted by molar-refractivity contribution is -0.111. The molecular weight excluding hydrogens is 236 g/mol. The smallest absolute Gasteiger partial charge is 0.164 e. The molecule has 1 aromatic rings. The van der Waals surface area contributed by atoms with Crippen LogP contribution >= 0.6 is 0 Å².